The summed E-state index contributed by atoms with van der Waals surface area (Å²) in [6.45, 7) is 5.35. The highest BCUT2D eigenvalue weighted by molar-refractivity contribution is 6.07. The topological polar surface area (TPSA) is 66.2 Å². The van der Waals surface area contributed by atoms with E-state index in [2.05, 4.69) is 11.8 Å². The Labute approximate surface area is 183 Å². The standard InChI is InChI=1S/C24H31N3O4/c1-3-20-9-10-21(31-20)18-25-13-11-24(12-14-25)22(28)26(15-16-30-2)23(29)27(24)17-19-7-5-4-6-8-19/h4-10H,3,11-18H2,1-2H3. The number of imide groups is 1. The summed E-state index contributed by atoms with van der Waals surface area (Å²) in [4.78, 5) is 32.2. The number of furan rings is 1. The minimum Gasteiger partial charge on any atom is -0.465 e. The maximum atomic E-state index is 13.5. The number of benzene rings is 1. The van der Waals surface area contributed by atoms with Gasteiger partial charge in [0.2, 0.25) is 0 Å². The fourth-order valence-corrected chi connectivity index (χ4v) is 4.63. The van der Waals surface area contributed by atoms with Crippen LogP contribution in [-0.2, 0) is 29.0 Å². The van der Waals surface area contributed by atoms with Gasteiger partial charge in [-0.1, -0.05) is 37.3 Å². The molecule has 1 spiro atoms. The van der Waals surface area contributed by atoms with E-state index >= 15 is 0 Å². The molecule has 7 heteroatoms. The number of urea groups is 1. The molecule has 3 heterocycles. The predicted molar refractivity (Wildman–Crippen MR) is 116 cm³/mol. The van der Waals surface area contributed by atoms with E-state index in [9.17, 15) is 9.59 Å². The summed E-state index contributed by atoms with van der Waals surface area (Å²) in [7, 11) is 1.58. The number of amides is 3. The van der Waals surface area contributed by atoms with Gasteiger partial charge in [-0.15, -0.1) is 0 Å². The quantitative estimate of drug-likeness (QED) is 0.607. The van der Waals surface area contributed by atoms with Gasteiger partial charge in [0.25, 0.3) is 5.91 Å². The molecule has 1 aromatic heterocycles. The van der Waals surface area contributed by atoms with Crippen LogP contribution >= 0.6 is 0 Å². The zero-order chi connectivity index (χ0) is 21.8. The second-order valence-corrected chi connectivity index (χ2v) is 8.33. The molecule has 0 radical (unpaired) electrons. The molecule has 0 aliphatic carbocycles. The van der Waals surface area contributed by atoms with Crippen molar-refractivity contribution < 1.29 is 18.7 Å². The first kappa shape index (κ1) is 21.6. The fraction of sp³-hybridized carbons (Fsp3) is 0.500. The van der Waals surface area contributed by atoms with Crippen LogP contribution in [0.5, 0.6) is 0 Å². The maximum Gasteiger partial charge on any atom is 0.328 e. The Kier molecular flexibility index (Phi) is 6.43. The Morgan fingerprint density at radius 3 is 2.35 bits per heavy atom. The van der Waals surface area contributed by atoms with Gasteiger partial charge in [0.1, 0.15) is 17.1 Å². The summed E-state index contributed by atoms with van der Waals surface area (Å²) >= 11 is 0. The molecule has 31 heavy (non-hydrogen) atoms. The van der Waals surface area contributed by atoms with E-state index in [1.165, 1.54) is 4.90 Å². The van der Waals surface area contributed by atoms with E-state index in [0.717, 1.165) is 43.1 Å². The highest BCUT2D eigenvalue weighted by atomic mass is 16.5. The van der Waals surface area contributed by atoms with Crippen molar-refractivity contribution in [1.82, 2.24) is 14.7 Å². The molecule has 166 valence electrons. The molecule has 0 bridgehead atoms. The van der Waals surface area contributed by atoms with Crippen molar-refractivity contribution in [2.45, 2.75) is 44.8 Å². The molecule has 2 aliphatic heterocycles. The molecule has 2 aliphatic rings. The van der Waals surface area contributed by atoms with Crippen LogP contribution < -0.4 is 0 Å². The molecule has 1 aromatic carbocycles. The predicted octanol–water partition coefficient (Wildman–Crippen LogP) is 3.29. The van der Waals surface area contributed by atoms with Crippen LogP contribution in [-0.4, -0.2) is 65.5 Å². The number of hydrogen-bond acceptors (Lipinski definition) is 5. The number of piperidine rings is 1. The van der Waals surface area contributed by atoms with Crippen molar-refractivity contribution in [2.24, 2.45) is 0 Å². The third kappa shape index (κ3) is 4.25. The van der Waals surface area contributed by atoms with E-state index in [-0.39, 0.29) is 18.5 Å². The van der Waals surface area contributed by atoms with Gasteiger partial charge in [-0.05, 0) is 30.5 Å². The van der Waals surface area contributed by atoms with Gasteiger partial charge in [0, 0.05) is 33.2 Å². The first-order valence-electron chi connectivity index (χ1n) is 11.0. The number of ether oxygens (including phenoxy) is 1. The average Bonchev–Trinajstić information content (AvgIpc) is 3.32. The van der Waals surface area contributed by atoms with E-state index in [1.807, 2.05) is 42.5 Å². The van der Waals surface area contributed by atoms with E-state index in [4.69, 9.17) is 9.15 Å². The largest absolute Gasteiger partial charge is 0.465 e. The number of hydrogen-bond donors (Lipinski definition) is 0. The number of carbonyl (C=O) groups excluding carboxylic acids is 2. The monoisotopic (exact) mass is 425 g/mol. The molecule has 4 rings (SSSR count). The lowest BCUT2D eigenvalue weighted by Crippen LogP contribution is -2.56. The van der Waals surface area contributed by atoms with Crippen molar-refractivity contribution in [1.29, 1.82) is 0 Å². The summed E-state index contributed by atoms with van der Waals surface area (Å²) in [5.74, 6) is 1.85. The van der Waals surface area contributed by atoms with Crippen LogP contribution in [0.2, 0.25) is 0 Å². The number of likely N-dealkylation sites (tertiary alicyclic amines) is 1. The van der Waals surface area contributed by atoms with Crippen LogP contribution in [0, 0.1) is 0 Å². The Bertz CT molecular complexity index is 903. The number of rotatable bonds is 8. The molecular formula is C24H31N3O4. The summed E-state index contributed by atoms with van der Waals surface area (Å²) in [6.07, 6.45) is 2.12. The molecule has 0 atom stereocenters. The number of carbonyl (C=O) groups is 2. The highest BCUT2D eigenvalue weighted by Crippen LogP contribution is 2.38. The van der Waals surface area contributed by atoms with E-state index < -0.39 is 5.54 Å². The Hall–Kier alpha value is -2.64. The average molecular weight is 426 g/mol. The van der Waals surface area contributed by atoms with Gasteiger partial charge in [-0.2, -0.15) is 0 Å². The second kappa shape index (κ2) is 9.24. The molecule has 2 fully saturated rings. The van der Waals surface area contributed by atoms with Gasteiger partial charge in [0.05, 0.1) is 19.7 Å². The van der Waals surface area contributed by atoms with Gasteiger partial charge >= 0.3 is 6.03 Å². The van der Waals surface area contributed by atoms with Crippen molar-refractivity contribution >= 4 is 11.9 Å². The minimum absolute atomic E-state index is 0.0867. The molecule has 2 saturated heterocycles. The van der Waals surface area contributed by atoms with Crippen molar-refractivity contribution in [2.75, 3.05) is 33.4 Å². The Morgan fingerprint density at radius 2 is 1.71 bits per heavy atom. The molecule has 2 aromatic rings. The number of methoxy groups -OCH3 is 1. The van der Waals surface area contributed by atoms with E-state index in [0.29, 0.717) is 26.0 Å². The molecule has 0 saturated carbocycles. The van der Waals surface area contributed by atoms with Crippen molar-refractivity contribution in [3.63, 3.8) is 0 Å². The minimum atomic E-state index is -0.783. The van der Waals surface area contributed by atoms with Crippen molar-refractivity contribution in [3.8, 4) is 0 Å². The van der Waals surface area contributed by atoms with Gasteiger partial charge in [0.15, 0.2) is 0 Å². The highest BCUT2D eigenvalue weighted by Gasteiger charge is 2.57. The van der Waals surface area contributed by atoms with Gasteiger partial charge < -0.3 is 14.1 Å². The summed E-state index contributed by atoms with van der Waals surface area (Å²) in [6, 6.07) is 13.7. The van der Waals surface area contributed by atoms with Crippen molar-refractivity contribution in [3.05, 3.63) is 59.5 Å². The second-order valence-electron chi connectivity index (χ2n) is 8.33. The molecular weight excluding hydrogens is 394 g/mol. The first-order chi connectivity index (χ1) is 15.1. The van der Waals surface area contributed by atoms with Crippen LogP contribution in [0.4, 0.5) is 4.79 Å². The molecule has 7 nitrogen and oxygen atoms in total. The smallest absolute Gasteiger partial charge is 0.328 e. The normalized spacial score (nSPS) is 19.0. The zero-order valence-corrected chi connectivity index (χ0v) is 18.4. The molecule has 0 unspecified atom stereocenters. The van der Waals surface area contributed by atoms with Gasteiger partial charge in [-0.3, -0.25) is 14.6 Å². The Morgan fingerprint density at radius 1 is 1.00 bits per heavy atom. The number of nitrogens with zero attached hydrogens (tertiary/aromatic N) is 3. The summed E-state index contributed by atoms with van der Waals surface area (Å²) in [5, 5.41) is 0. The summed E-state index contributed by atoms with van der Waals surface area (Å²) < 4.78 is 11.0. The van der Waals surface area contributed by atoms with E-state index in [1.54, 1.807) is 12.0 Å². The van der Waals surface area contributed by atoms with Crippen LogP contribution in [0.1, 0.15) is 36.8 Å². The van der Waals surface area contributed by atoms with Crippen LogP contribution in [0.25, 0.3) is 0 Å². The lowest BCUT2D eigenvalue weighted by molar-refractivity contribution is -0.136. The lowest BCUT2D eigenvalue weighted by atomic mass is 9.85. The SMILES string of the molecule is CCc1ccc(CN2CCC3(CC2)C(=O)N(CCOC)C(=O)N3Cc2ccccc2)o1. The fourth-order valence-electron chi connectivity index (χ4n) is 4.63. The maximum absolute atomic E-state index is 13.5. The third-order valence-corrected chi connectivity index (χ3v) is 6.45. The van der Waals surface area contributed by atoms with Gasteiger partial charge in [-0.25, -0.2) is 4.79 Å². The van der Waals surface area contributed by atoms with Crippen LogP contribution in [0.3, 0.4) is 0 Å². The number of aryl methyl sites for hydroxylation is 1. The first-order valence-corrected chi connectivity index (χ1v) is 11.0. The zero-order valence-electron chi connectivity index (χ0n) is 18.4. The molecule has 3 amide bonds. The third-order valence-electron chi connectivity index (χ3n) is 6.45. The molecule has 0 N–H and O–H groups in total. The Balaban J connectivity index is 1.51. The van der Waals surface area contributed by atoms with Crippen LogP contribution in [0.15, 0.2) is 46.9 Å². The summed E-state index contributed by atoms with van der Waals surface area (Å²) in [5.41, 5.74) is 0.247. The lowest BCUT2D eigenvalue weighted by Gasteiger charge is -2.42.